The first-order valence-electron chi connectivity index (χ1n) is 10.3. The Balaban J connectivity index is 1.47. The predicted molar refractivity (Wildman–Crippen MR) is 141 cm³/mol. The molecule has 34 heavy (non-hydrogen) atoms. The van der Waals surface area contributed by atoms with Gasteiger partial charge >= 0.3 is 0 Å². The number of para-hydroxylation sites is 1. The van der Waals surface area contributed by atoms with Gasteiger partial charge in [0.25, 0.3) is 11.5 Å². The van der Waals surface area contributed by atoms with Crippen molar-refractivity contribution in [1.29, 1.82) is 0 Å². The number of hydrogen-bond acceptors (Lipinski definition) is 5. The molecule has 1 heterocycles. The number of rotatable bonds is 6. The van der Waals surface area contributed by atoms with Crippen molar-refractivity contribution >= 4 is 60.6 Å². The molecular formula is C25H20Br2N4O3. The predicted octanol–water partition coefficient (Wildman–Crippen LogP) is 5.44. The number of aromatic nitrogens is 2. The molecule has 1 amide bonds. The minimum absolute atomic E-state index is 0.132. The topological polar surface area (TPSA) is 85.6 Å². The summed E-state index contributed by atoms with van der Waals surface area (Å²) in [6, 6.07) is 18.2. The molecule has 4 rings (SSSR count). The average molecular weight is 584 g/mol. The smallest absolute Gasteiger partial charge is 0.282 e. The summed E-state index contributed by atoms with van der Waals surface area (Å²) in [5, 5.41) is 7.64. The molecule has 1 N–H and O–H groups in total. The van der Waals surface area contributed by atoms with Crippen molar-refractivity contribution in [2.45, 2.75) is 13.8 Å². The molecule has 7 nitrogen and oxygen atoms in total. The standard InChI is InChI=1S/C25H20Br2N4O3/c1-15-5-3-4-6-21(15)30-24(32)14-34-23-10-7-17(11-20(23)27)13-28-31-16(2)29-22-9-8-18(26)12-19(22)25(31)33/h3-13H,14H2,1-2H3,(H,30,32). The molecule has 3 aromatic carbocycles. The van der Waals surface area contributed by atoms with Crippen LogP contribution in [0, 0.1) is 13.8 Å². The van der Waals surface area contributed by atoms with E-state index in [9.17, 15) is 9.59 Å². The summed E-state index contributed by atoms with van der Waals surface area (Å²) in [6.45, 7) is 3.53. The highest BCUT2D eigenvalue weighted by Crippen LogP contribution is 2.26. The molecule has 0 atom stereocenters. The molecule has 9 heteroatoms. The van der Waals surface area contributed by atoms with Gasteiger partial charge in [0.05, 0.1) is 21.6 Å². The highest BCUT2D eigenvalue weighted by Gasteiger charge is 2.10. The number of halogens is 2. The molecule has 0 aliphatic rings. The Morgan fingerprint density at radius 3 is 2.68 bits per heavy atom. The summed E-state index contributed by atoms with van der Waals surface area (Å²) in [6.07, 6.45) is 1.57. The van der Waals surface area contributed by atoms with Crippen LogP contribution < -0.4 is 15.6 Å². The number of carbonyl (C=O) groups excluding carboxylic acids is 1. The third-order valence-electron chi connectivity index (χ3n) is 5.03. The number of nitrogens with zero attached hydrogens (tertiary/aromatic N) is 3. The molecule has 4 aromatic rings. The number of fused-ring (bicyclic) bond motifs is 1. The van der Waals surface area contributed by atoms with Crippen molar-refractivity contribution in [2.75, 3.05) is 11.9 Å². The number of ether oxygens (including phenoxy) is 1. The van der Waals surface area contributed by atoms with Gasteiger partial charge in [0, 0.05) is 10.2 Å². The number of aryl methyl sites for hydroxylation is 2. The van der Waals surface area contributed by atoms with Gasteiger partial charge in [-0.25, -0.2) is 4.98 Å². The van der Waals surface area contributed by atoms with E-state index < -0.39 is 0 Å². The Labute approximate surface area is 212 Å². The zero-order valence-corrected chi connectivity index (χ0v) is 21.6. The van der Waals surface area contributed by atoms with E-state index in [2.05, 4.69) is 47.3 Å². The van der Waals surface area contributed by atoms with Crippen LogP contribution in [0.25, 0.3) is 10.9 Å². The number of carbonyl (C=O) groups is 1. The Kier molecular flexibility index (Phi) is 7.23. The highest BCUT2D eigenvalue weighted by atomic mass is 79.9. The van der Waals surface area contributed by atoms with Crippen LogP contribution in [0.4, 0.5) is 5.69 Å². The van der Waals surface area contributed by atoms with E-state index in [-0.39, 0.29) is 18.1 Å². The highest BCUT2D eigenvalue weighted by molar-refractivity contribution is 9.10. The van der Waals surface area contributed by atoms with Crippen LogP contribution in [0.2, 0.25) is 0 Å². The molecule has 0 aliphatic heterocycles. The Bertz CT molecular complexity index is 1480. The van der Waals surface area contributed by atoms with Gasteiger partial charge in [-0.05, 0) is 83.4 Å². The molecule has 0 aliphatic carbocycles. The second-order valence-corrected chi connectivity index (χ2v) is 9.29. The summed E-state index contributed by atoms with van der Waals surface area (Å²) < 4.78 is 8.37. The van der Waals surface area contributed by atoms with E-state index in [4.69, 9.17) is 4.74 Å². The first-order chi connectivity index (χ1) is 16.3. The van der Waals surface area contributed by atoms with Gasteiger partial charge in [-0.3, -0.25) is 9.59 Å². The van der Waals surface area contributed by atoms with Gasteiger partial charge in [0.1, 0.15) is 11.6 Å². The van der Waals surface area contributed by atoms with Crippen molar-refractivity contribution in [3.8, 4) is 5.75 Å². The van der Waals surface area contributed by atoms with Crippen LogP contribution >= 0.6 is 31.9 Å². The van der Waals surface area contributed by atoms with E-state index in [0.717, 1.165) is 21.3 Å². The quantitative estimate of drug-likeness (QED) is 0.306. The SMILES string of the molecule is Cc1ccccc1NC(=O)COc1ccc(C=Nn2c(C)nc3ccc(Br)cc3c2=O)cc1Br. The fraction of sp³-hybridized carbons (Fsp3) is 0.120. The number of amides is 1. The van der Waals surface area contributed by atoms with Gasteiger partial charge in [0.15, 0.2) is 6.61 Å². The largest absolute Gasteiger partial charge is 0.483 e. The van der Waals surface area contributed by atoms with Crippen LogP contribution in [0.15, 0.2) is 79.5 Å². The minimum Gasteiger partial charge on any atom is -0.483 e. The van der Waals surface area contributed by atoms with Crippen LogP contribution in [0.5, 0.6) is 5.75 Å². The van der Waals surface area contributed by atoms with E-state index in [0.29, 0.717) is 26.9 Å². The number of nitrogens with one attached hydrogen (secondary N) is 1. The number of benzene rings is 3. The molecule has 0 spiro atoms. The van der Waals surface area contributed by atoms with E-state index in [1.165, 1.54) is 4.68 Å². The summed E-state index contributed by atoms with van der Waals surface area (Å²) in [5.41, 5.74) is 2.84. The van der Waals surface area contributed by atoms with Crippen molar-refractivity contribution in [3.63, 3.8) is 0 Å². The molecule has 1 aromatic heterocycles. The monoisotopic (exact) mass is 582 g/mol. The van der Waals surface area contributed by atoms with Gasteiger partial charge in [-0.2, -0.15) is 9.78 Å². The van der Waals surface area contributed by atoms with E-state index in [1.54, 1.807) is 43.5 Å². The first-order valence-corrected chi connectivity index (χ1v) is 11.9. The van der Waals surface area contributed by atoms with E-state index >= 15 is 0 Å². The lowest BCUT2D eigenvalue weighted by molar-refractivity contribution is -0.118. The first kappa shape index (κ1) is 23.8. The second kappa shape index (κ2) is 10.3. The van der Waals surface area contributed by atoms with Gasteiger partial charge in [-0.15, -0.1) is 0 Å². The van der Waals surface area contributed by atoms with Crippen molar-refractivity contribution in [1.82, 2.24) is 9.66 Å². The average Bonchev–Trinajstić information content (AvgIpc) is 2.80. The summed E-state index contributed by atoms with van der Waals surface area (Å²) in [5.74, 6) is 0.745. The molecule has 0 saturated carbocycles. The minimum atomic E-state index is -0.253. The summed E-state index contributed by atoms with van der Waals surface area (Å²) in [4.78, 5) is 29.6. The third kappa shape index (κ3) is 5.43. The zero-order valence-electron chi connectivity index (χ0n) is 18.4. The third-order valence-corrected chi connectivity index (χ3v) is 6.14. The molecule has 0 radical (unpaired) electrons. The van der Waals surface area contributed by atoms with Crippen LogP contribution in [0.3, 0.4) is 0 Å². The fourth-order valence-corrected chi connectivity index (χ4v) is 4.15. The zero-order chi connectivity index (χ0) is 24.2. The maximum Gasteiger partial charge on any atom is 0.282 e. The van der Waals surface area contributed by atoms with Crippen LogP contribution in [-0.4, -0.2) is 28.4 Å². The van der Waals surface area contributed by atoms with Gasteiger partial charge in [0.2, 0.25) is 0 Å². The molecule has 0 saturated heterocycles. The van der Waals surface area contributed by atoms with Gasteiger partial charge < -0.3 is 10.1 Å². The molecule has 172 valence electrons. The van der Waals surface area contributed by atoms with Crippen LogP contribution in [-0.2, 0) is 4.79 Å². The lowest BCUT2D eigenvalue weighted by Gasteiger charge is -2.11. The maximum absolute atomic E-state index is 12.9. The Morgan fingerprint density at radius 2 is 1.91 bits per heavy atom. The van der Waals surface area contributed by atoms with Crippen LogP contribution in [0.1, 0.15) is 17.0 Å². The molecule has 0 bridgehead atoms. The van der Waals surface area contributed by atoms with E-state index in [1.807, 2.05) is 37.3 Å². The maximum atomic E-state index is 12.9. The van der Waals surface area contributed by atoms with Gasteiger partial charge in [-0.1, -0.05) is 34.1 Å². The summed E-state index contributed by atoms with van der Waals surface area (Å²) >= 11 is 6.85. The molecule has 0 unspecified atom stereocenters. The second-order valence-electron chi connectivity index (χ2n) is 7.52. The lowest BCUT2D eigenvalue weighted by Crippen LogP contribution is -2.21. The van der Waals surface area contributed by atoms with Crippen molar-refractivity contribution in [2.24, 2.45) is 5.10 Å². The molecule has 0 fully saturated rings. The Morgan fingerprint density at radius 1 is 1.12 bits per heavy atom. The number of hydrogen-bond donors (Lipinski definition) is 1. The number of anilines is 1. The molecular weight excluding hydrogens is 564 g/mol. The Hall–Kier alpha value is -3.30. The van der Waals surface area contributed by atoms with Crippen molar-refractivity contribution < 1.29 is 9.53 Å². The summed E-state index contributed by atoms with van der Waals surface area (Å²) in [7, 11) is 0. The lowest BCUT2D eigenvalue weighted by atomic mass is 10.2. The normalized spacial score (nSPS) is 11.2. The fourth-order valence-electron chi connectivity index (χ4n) is 3.28. The van der Waals surface area contributed by atoms with Crippen molar-refractivity contribution in [3.05, 3.63) is 96.9 Å².